The third-order valence-corrected chi connectivity index (χ3v) is 7.72. The lowest BCUT2D eigenvalue weighted by molar-refractivity contribution is -0.383. The second kappa shape index (κ2) is 9.17. The topological polar surface area (TPSA) is 110 Å². The first-order chi connectivity index (χ1) is 19.9. The summed E-state index contributed by atoms with van der Waals surface area (Å²) >= 11 is 0. The van der Waals surface area contributed by atoms with E-state index in [1.807, 2.05) is 97.1 Å². The number of rotatable bonds is 6. The first kappa shape index (κ1) is 24.3. The van der Waals surface area contributed by atoms with Crippen LogP contribution in [-0.2, 0) is 5.66 Å². The van der Waals surface area contributed by atoms with Crippen LogP contribution in [0.15, 0.2) is 121 Å². The summed E-state index contributed by atoms with van der Waals surface area (Å²) < 4.78 is 0. The van der Waals surface area contributed by atoms with Crippen molar-refractivity contribution in [3.05, 3.63) is 153 Å². The Kier molecular flexibility index (Phi) is 5.43. The Balaban J connectivity index is 1.52. The molecular formula is C33H22N4O4. The number of nitrogens with one attached hydrogen (secondary N) is 2. The van der Waals surface area contributed by atoms with Crippen LogP contribution in [0.4, 0.5) is 22.7 Å². The van der Waals surface area contributed by atoms with Crippen molar-refractivity contribution in [3.8, 4) is 11.1 Å². The molecule has 2 N–H and O–H groups in total. The molecule has 8 nitrogen and oxygen atoms in total. The summed E-state index contributed by atoms with van der Waals surface area (Å²) in [6, 6.07) is 37.0. The zero-order valence-electron chi connectivity index (χ0n) is 21.6. The van der Waals surface area contributed by atoms with Crippen LogP contribution in [0.25, 0.3) is 32.7 Å². The molecule has 0 saturated heterocycles. The van der Waals surface area contributed by atoms with Gasteiger partial charge in [0.05, 0.1) is 9.85 Å². The van der Waals surface area contributed by atoms with E-state index >= 15 is 0 Å². The fraction of sp³-hybridized carbons (Fsp3) is 0.0303. The van der Waals surface area contributed by atoms with Crippen LogP contribution in [0, 0.1) is 20.2 Å². The Morgan fingerprint density at radius 1 is 0.488 bits per heavy atom. The Hall–Kier alpha value is -5.76. The summed E-state index contributed by atoms with van der Waals surface area (Å²) in [5, 5.41) is 34.8. The smallest absolute Gasteiger partial charge is 0.293 e. The maximum absolute atomic E-state index is 12.3. The first-order valence-electron chi connectivity index (χ1n) is 13.0. The van der Waals surface area contributed by atoms with Gasteiger partial charge in [-0.25, -0.2) is 0 Å². The molecule has 0 amide bonds. The third-order valence-electron chi connectivity index (χ3n) is 7.72. The largest absolute Gasteiger partial charge is 0.350 e. The van der Waals surface area contributed by atoms with E-state index in [2.05, 4.69) is 10.6 Å². The van der Waals surface area contributed by atoms with Crippen molar-refractivity contribution in [2.45, 2.75) is 5.66 Å². The van der Waals surface area contributed by atoms with Gasteiger partial charge < -0.3 is 10.6 Å². The van der Waals surface area contributed by atoms with Crippen LogP contribution in [0.3, 0.4) is 0 Å². The Bertz CT molecular complexity index is 1890. The molecule has 0 radical (unpaired) electrons. The lowest BCUT2D eigenvalue weighted by Gasteiger charge is -2.36. The number of nitro groups is 2. The van der Waals surface area contributed by atoms with Crippen molar-refractivity contribution < 1.29 is 9.85 Å². The van der Waals surface area contributed by atoms with E-state index in [0.717, 1.165) is 43.8 Å². The number of nitrogens with zero attached hydrogens (tertiary/aromatic N) is 2. The quantitative estimate of drug-likeness (QED) is 0.126. The molecule has 6 aromatic rings. The SMILES string of the molecule is O=[N+]([O-])c1cc2ccccc2cc1NC1(Nc2cc3ccccc3cc2[N+](=O)[O-])c2ccccc2-c2ccccc21. The molecule has 41 heavy (non-hydrogen) atoms. The van der Waals surface area contributed by atoms with Gasteiger partial charge in [-0.05, 0) is 44.8 Å². The van der Waals surface area contributed by atoms with Crippen LogP contribution >= 0.6 is 0 Å². The zero-order chi connectivity index (χ0) is 28.1. The van der Waals surface area contributed by atoms with E-state index < -0.39 is 15.5 Å². The fourth-order valence-electron chi connectivity index (χ4n) is 5.90. The third kappa shape index (κ3) is 3.84. The van der Waals surface area contributed by atoms with Gasteiger partial charge >= 0.3 is 0 Å². The molecule has 0 saturated carbocycles. The van der Waals surface area contributed by atoms with Crippen molar-refractivity contribution in [1.29, 1.82) is 0 Å². The number of benzene rings is 6. The van der Waals surface area contributed by atoms with E-state index in [-0.39, 0.29) is 22.7 Å². The number of hydrogen-bond acceptors (Lipinski definition) is 6. The van der Waals surface area contributed by atoms with Crippen LogP contribution in [0.1, 0.15) is 11.1 Å². The monoisotopic (exact) mass is 538 g/mol. The Morgan fingerprint density at radius 3 is 1.22 bits per heavy atom. The second-order valence-electron chi connectivity index (χ2n) is 10.0. The lowest BCUT2D eigenvalue weighted by Crippen LogP contribution is -2.43. The summed E-state index contributed by atoms with van der Waals surface area (Å²) in [4.78, 5) is 23.9. The van der Waals surface area contributed by atoms with Gasteiger partial charge in [0, 0.05) is 23.3 Å². The van der Waals surface area contributed by atoms with Crippen molar-refractivity contribution in [2.24, 2.45) is 0 Å². The highest BCUT2D eigenvalue weighted by molar-refractivity contribution is 5.94. The Morgan fingerprint density at radius 2 is 0.829 bits per heavy atom. The zero-order valence-corrected chi connectivity index (χ0v) is 21.6. The maximum atomic E-state index is 12.3. The van der Waals surface area contributed by atoms with Gasteiger partial charge in [0.1, 0.15) is 11.4 Å². The molecule has 0 unspecified atom stereocenters. The van der Waals surface area contributed by atoms with Crippen LogP contribution in [0.5, 0.6) is 0 Å². The minimum absolute atomic E-state index is 0.0975. The van der Waals surface area contributed by atoms with E-state index in [1.165, 1.54) is 0 Å². The molecule has 1 aliphatic rings. The van der Waals surface area contributed by atoms with Crippen molar-refractivity contribution in [1.82, 2.24) is 0 Å². The van der Waals surface area contributed by atoms with Gasteiger partial charge in [-0.1, -0.05) is 97.1 Å². The van der Waals surface area contributed by atoms with Crippen molar-refractivity contribution >= 4 is 44.3 Å². The molecule has 0 spiro atoms. The van der Waals surface area contributed by atoms with E-state index in [4.69, 9.17) is 0 Å². The number of anilines is 2. The number of fused-ring (bicyclic) bond motifs is 5. The van der Waals surface area contributed by atoms with Gasteiger partial charge in [0.2, 0.25) is 0 Å². The minimum Gasteiger partial charge on any atom is -0.350 e. The van der Waals surface area contributed by atoms with E-state index in [0.29, 0.717) is 0 Å². The molecule has 0 aromatic heterocycles. The summed E-state index contributed by atoms with van der Waals surface area (Å²) in [6.07, 6.45) is 0. The molecule has 198 valence electrons. The molecule has 6 aromatic carbocycles. The average molecular weight is 539 g/mol. The normalized spacial score (nSPS) is 13.0. The molecule has 1 aliphatic carbocycles. The highest BCUT2D eigenvalue weighted by Gasteiger charge is 2.45. The molecule has 8 heteroatoms. The van der Waals surface area contributed by atoms with Crippen molar-refractivity contribution in [3.63, 3.8) is 0 Å². The van der Waals surface area contributed by atoms with Gasteiger partial charge in [-0.2, -0.15) is 0 Å². The molecule has 0 bridgehead atoms. The second-order valence-corrected chi connectivity index (χ2v) is 10.0. The predicted molar refractivity (Wildman–Crippen MR) is 161 cm³/mol. The summed E-state index contributed by atoms with van der Waals surface area (Å²) in [7, 11) is 0. The average Bonchev–Trinajstić information content (AvgIpc) is 3.25. The number of hydrogen-bond donors (Lipinski definition) is 2. The molecule has 0 fully saturated rings. The molecule has 0 aliphatic heterocycles. The lowest BCUT2D eigenvalue weighted by atomic mass is 9.94. The van der Waals surface area contributed by atoms with Crippen LogP contribution in [0.2, 0.25) is 0 Å². The summed E-state index contributed by atoms with van der Waals surface area (Å²) in [6.45, 7) is 0. The standard InChI is InChI=1S/C33H22N4O4/c38-36(39)31-19-23-11-3-1-9-21(23)17-29(31)34-33(27-15-7-5-13-25(27)26-14-6-8-16-28(26)33)35-30-18-22-10-2-4-12-24(22)20-32(30)37(40)41/h1-20,34-35H. The number of nitro benzene ring substituents is 2. The molecule has 0 atom stereocenters. The van der Waals surface area contributed by atoms with E-state index in [1.54, 1.807) is 24.3 Å². The van der Waals surface area contributed by atoms with Gasteiger partial charge in [-0.3, -0.25) is 20.2 Å². The van der Waals surface area contributed by atoms with Gasteiger partial charge in [0.25, 0.3) is 11.4 Å². The van der Waals surface area contributed by atoms with Crippen molar-refractivity contribution in [2.75, 3.05) is 10.6 Å². The molecule has 7 rings (SSSR count). The van der Waals surface area contributed by atoms with Gasteiger partial charge in [0.15, 0.2) is 5.66 Å². The summed E-state index contributed by atoms with van der Waals surface area (Å²) in [5.74, 6) is 0. The fourth-order valence-corrected chi connectivity index (χ4v) is 5.90. The van der Waals surface area contributed by atoms with Crippen LogP contribution < -0.4 is 10.6 Å². The molecular weight excluding hydrogens is 516 g/mol. The minimum atomic E-state index is -1.27. The highest BCUT2D eigenvalue weighted by atomic mass is 16.6. The Labute approximate surface area is 234 Å². The summed E-state index contributed by atoms with van der Waals surface area (Å²) in [5.41, 5.74) is 2.56. The maximum Gasteiger partial charge on any atom is 0.293 e. The molecule has 0 heterocycles. The van der Waals surface area contributed by atoms with Crippen LogP contribution in [-0.4, -0.2) is 9.85 Å². The van der Waals surface area contributed by atoms with Gasteiger partial charge in [-0.15, -0.1) is 0 Å². The first-order valence-corrected chi connectivity index (χ1v) is 13.0. The highest BCUT2D eigenvalue weighted by Crippen LogP contribution is 2.51. The van der Waals surface area contributed by atoms with E-state index in [9.17, 15) is 20.2 Å². The predicted octanol–water partition coefficient (Wildman–Crippen LogP) is 8.22.